The zero-order valence-electron chi connectivity index (χ0n) is 11.6. The van der Waals surface area contributed by atoms with Gasteiger partial charge in [0, 0.05) is 11.3 Å². The van der Waals surface area contributed by atoms with Crippen LogP contribution >= 0.6 is 11.8 Å². The summed E-state index contributed by atoms with van der Waals surface area (Å²) in [6, 6.07) is -0.993. The average Bonchev–Trinajstić information content (AvgIpc) is 2.38. The molecule has 0 radical (unpaired) electrons. The van der Waals surface area contributed by atoms with Crippen LogP contribution in [0.15, 0.2) is 0 Å². The lowest BCUT2D eigenvalue weighted by Crippen LogP contribution is -2.52. The molecule has 1 saturated carbocycles. The van der Waals surface area contributed by atoms with E-state index in [0.29, 0.717) is 11.7 Å². The Kier molecular flexibility index (Phi) is 7.05. The van der Waals surface area contributed by atoms with E-state index in [0.717, 1.165) is 25.7 Å². The third-order valence-corrected chi connectivity index (χ3v) is 4.67. The second kappa shape index (κ2) is 8.30. The molecule has 0 aromatic rings. The SMILES string of the molecule is CCC[C@@H](NC(=O)NC1CCCCC1SC)C(=O)O. The number of nitrogens with one attached hydrogen (secondary N) is 2. The molecule has 5 nitrogen and oxygen atoms in total. The lowest BCUT2D eigenvalue weighted by atomic mass is 9.95. The van der Waals surface area contributed by atoms with Crippen molar-refractivity contribution in [1.82, 2.24) is 10.6 Å². The van der Waals surface area contributed by atoms with Crippen LogP contribution in [0.2, 0.25) is 0 Å². The highest BCUT2D eigenvalue weighted by Crippen LogP contribution is 2.27. The van der Waals surface area contributed by atoms with Gasteiger partial charge >= 0.3 is 12.0 Å². The Morgan fingerprint density at radius 1 is 1.37 bits per heavy atom. The van der Waals surface area contributed by atoms with Crippen LogP contribution in [0.25, 0.3) is 0 Å². The molecule has 0 aromatic carbocycles. The Labute approximate surface area is 118 Å². The lowest BCUT2D eigenvalue weighted by molar-refractivity contribution is -0.139. The molecule has 3 N–H and O–H groups in total. The molecule has 0 heterocycles. The lowest BCUT2D eigenvalue weighted by Gasteiger charge is -2.31. The minimum Gasteiger partial charge on any atom is -0.480 e. The molecule has 0 aromatic heterocycles. The maximum atomic E-state index is 11.9. The van der Waals surface area contributed by atoms with Gasteiger partial charge in [0.15, 0.2) is 0 Å². The normalized spacial score (nSPS) is 24.5. The van der Waals surface area contributed by atoms with Crippen molar-refractivity contribution in [3.63, 3.8) is 0 Å². The van der Waals surface area contributed by atoms with E-state index >= 15 is 0 Å². The van der Waals surface area contributed by atoms with Gasteiger partial charge in [-0.15, -0.1) is 0 Å². The van der Waals surface area contributed by atoms with E-state index in [2.05, 4.69) is 16.9 Å². The highest BCUT2D eigenvalue weighted by Gasteiger charge is 2.27. The molecule has 19 heavy (non-hydrogen) atoms. The van der Waals surface area contributed by atoms with Crippen molar-refractivity contribution in [2.24, 2.45) is 0 Å². The number of carboxylic acid groups (broad SMARTS) is 1. The van der Waals surface area contributed by atoms with Crippen molar-refractivity contribution in [2.45, 2.75) is 62.8 Å². The van der Waals surface area contributed by atoms with Crippen LogP contribution in [0.1, 0.15) is 45.4 Å². The van der Waals surface area contributed by atoms with Crippen LogP contribution in [0, 0.1) is 0 Å². The van der Waals surface area contributed by atoms with E-state index in [1.54, 1.807) is 11.8 Å². The van der Waals surface area contributed by atoms with Crippen LogP contribution in [-0.4, -0.2) is 40.7 Å². The fourth-order valence-corrected chi connectivity index (χ4v) is 3.39. The van der Waals surface area contributed by atoms with Crippen molar-refractivity contribution >= 4 is 23.8 Å². The predicted octanol–water partition coefficient (Wildman–Crippen LogP) is 2.21. The van der Waals surface area contributed by atoms with Gasteiger partial charge in [0.25, 0.3) is 0 Å². The number of rotatable bonds is 6. The zero-order chi connectivity index (χ0) is 14.3. The third kappa shape index (κ3) is 5.30. The fraction of sp³-hybridized carbons (Fsp3) is 0.846. The molecule has 2 unspecified atom stereocenters. The van der Waals surface area contributed by atoms with Crippen LogP contribution in [0.5, 0.6) is 0 Å². The Morgan fingerprint density at radius 3 is 2.63 bits per heavy atom. The number of carbonyl (C=O) groups excluding carboxylic acids is 1. The smallest absolute Gasteiger partial charge is 0.326 e. The Balaban J connectivity index is 2.46. The summed E-state index contributed by atoms with van der Waals surface area (Å²) >= 11 is 1.77. The molecule has 3 atom stereocenters. The van der Waals surface area contributed by atoms with Crippen molar-refractivity contribution in [3.05, 3.63) is 0 Å². The molecule has 0 spiro atoms. The van der Waals surface area contributed by atoms with Gasteiger partial charge in [0.05, 0.1) is 0 Å². The van der Waals surface area contributed by atoms with Gasteiger partial charge in [-0.05, 0) is 25.5 Å². The van der Waals surface area contributed by atoms with Crippen molar-refractivity contribution < 1.29 is 14.7 Å². The summed E-state index contributed by atoms with van der Waals surface area (Å²) in [5.41, 5.74) is 0. The van der Waals surface area contributed by atoms with E-state index in [1.165, 1.54) is 6.42 Å². The molecule has 1 aliphatic rings. The van der Waals surface area contributed by atoms with Gasteiger partial charge in [-0.1, -0.05) is 26.2 Å². The summed E-state index contributed by atoms with van der Waals surface area (Å²) in [6.07, 6.45) is 7.67. The van der Waals surface area contributed by atoms with E-state index in [1.807, 2.05) is 6.92 Å². The molecule has 0 bridgehead atoms. The molecule has 0 saturated heterocycles. The number of thioether (sulfide) groups is 1. The predicted molar refractivity (Wildman–Crippen MR) is 77.6 cm³/mol. The summed E-state index contributed by atoms with van der Waals surface area (Å²) < 4.78 is 0. The maximum absolute atomic E-state index is 11.9. The first-order valence-corrected chi connectivity index (χ1v) is 8.19. The number of urea groups is 1. The second-order valence-electron chi connectivity index (χ2n) is 4.96. The van der Waals surface area contributed by atoms with E-state index in [4.69, 9.17) is 5.11 Å². The van der Waals surface area contributed by atoms with Gasteiger partial charge in [0.1, 0.15) is 6.04 Å². The Morgan fingerprint density at radius 2 is 2.05 bits per heavy atom. The van der Waals surface area contributed by atoms with E-state index in [9.17, 15) is 9.59 Å². The fourth-order valence-electron chi connectivity index (χ4n) is 2.46. The first-order chi connectivity index (χ1) is 9.08. The van der Waals surface area contributed by atoms with Crippen molar-refractivity contribution in [3.8, 4) is 0 Å². The van der Waals surface area contributed by atoms with E-state index < -0.39 is 12.0 Å². The van der Waals surface area contributed by atoms with Crippen molar-refractivity contribution in [1.29, 1.82) is 0 Å². The van der Waals surface area contributed by atoms with Crippen LogP contribution in [-0.2, 0) is 4.79 Å². The molecule has 6 heteroatoms. The Bertz CT molecular complexity index is 312. The quantitative estimate of drug-likeness (QED) is 0.700. The topological polar surface area (TPSA) is 78.4 Å². The summed E-state index contributed by atoms with van der Waals surface area (Å²) in [5, 5.41) is 14.9. The number of hydrogen-bond acceptors (Lipinski definition) is 3. The molecule has 0 aliphatic heterocycles. The second-order valence-corrected chi connectivity index (χ2v) is 6.04. The third-order valence-electron chi connectivity index (χ3n) is 3.50. The summed E-state index contributed by atoms with van der Waals surface area (Å²) in [6.45, 7) is 1.90. The molecule has 1 aliphatic carbocycles. The number of carbonyl (C=O) groups is 2. The summed E-state index contributed by atoms with van der Waals surface area (Å²) in [7, 11) is 0. The molecular formula is C13H24N2O3S. The summed E-state index contributed by atoms with van der Waals surface area (Å²) in [4.78, 5) is 22.9. The van der Waals surface area contributed by atoms with Gasteiger partial charge in [0.2, 0.25) is 0 Å². The van der Waals surface area contributed by atoms with Crippen LogP contribution in [0.4, 0.5) is 4.79 Å². The van der Waals surface area contributed by atoms with Gasteiger partial charge in [-0.3, -0.25) is 0 Å². The van der Waals surface area contributed by atoms with Crippen LogP contribution in [0.3, 0.4) is 0 Å². The highest BCUT2D eigenvalue weighted by atomic mass is 32.2. The van der Waals surface area contributed by atoms with E-state index in [-0.39, 0.29) is 12.1 Å². The molecular weight excluding hydrogens is 264 g/mol. The van der Waals surface area contributed by atoms with Crippen molar-refractivity contribution in [2.75, 3.05) is 6.26 Å². The van der Waals surface area contributed by atoms with Crippen LogP contribution < -0.4 is 10.6 Å². The number of carboxylic acids is 1. The number of hydrogen-bond donors (Lipinski definition) is 3. The zero-order valence-corrected chi connectivity index (χ0v) is 12.5. The molecule has 110 valence electrons. The highest BCUT2D eigenvalue weighted by molar-refractivity contribution is 7.99. The average molecular weight is 288 g/mol. The number of amides is 2. The molecule has 1 rings (SSSR count). The molecule has 1 fully saturated rings. The van der Waals surface area contributed by atoms with Gasteiger partial charge in [-0.2, -0.15) is 11.8 Å². The van der Waals surface area contributed by atoms with Gasteiger partial charge in [-0.25, -0.2) is 9.59 Å². The first-order valence-electron chi connectivity index (χ1n) is 6.91. The first kappa shape index (κ1) is 16.1. The summed E-state index contributed by atoms with van der Waals surface area (Å²) in [5.74, 6) is -0.970. The Hall–Kier alpha value is -0.910. The standard InChI is InChI=1S/C13H24N2O3S/c1-3-6-10(12(16)17)15-13(18)14-9-7-4-5-8-11(9)19-2/h9-11H,3-8H2,1-2H3,(H,16,17)(H2,14,15,18)/t9?,10-,11?/m1/s1. The maximum Gasteiger partial charge on any atom is 0.326 e. The minimum absolute atomic E-state index is 0.153. The molecule has 2 amide bonds. The van der Waals surface area contributed by atoms with Gasteiger partial charge < -0.3 is 15.7 Å². The minimum atomic E-state index is -0.970. The monoisotopic (exact) mass is 288 g/mol. The largest absolute Gasteiger partial charge is 0.480 e. The number of aliphatic carboxylic acids is 1.